The number of ether oxygens (including phenoxy) is 1. The molecule has 3 aromatic rings. The number of benzene rings is 2. The first-order valence-electron chi connectivity index (χ1n) is 7.71. The van der Waals surface area contributed by atoms with Crippen molar-refractivity contribution in [3.05, 3.63) is 71.9 Å². The summed E-state index contributed by atoms with van der Waals surface area (Å²) in [5, 5.41) is 0. The Morgan fingerprint density at radius 2 is 1.78 bits per heavy atom. The Bertz CT molecular complexity index is 819. The van der Waals surface area contributed by atoms with Crippen LogP contribution in [-0.4, -0.2) is 17.6 Å². The second kappa shape index (κ2) is 6.53. The van der Waals surface area contributed by atoms with Gasteiger partial charge in [0.15, 0.2) is 0 Å². The first-order chi connectivity index (χ1) is 11.2. The molecular weight excluding hydrogens is 286 g/mol. The van der Waals surface area contributed by atoms with E-state index in [9.17, 15) is 4.79 Å². The highest BCUT2D eigenvalue weighted by atomic mass is 16.5. The van der Waals surface area contributed by atoms with E-state index in [1.807, 2.05) is 68.6 Å². The standard InChI is InChI=1S/C20H19NO2/c1-3-23-20(22)18-17(15-9-5-4-6-10-15)13-21-19(18)16-11-7-8-14(2)12-16/h4-13,21H,3H2,1-2H3. The molecule has 0 bridgehead atoms. The number of nitrogens with one attached hydrogen (secondary N) is 1. The lowest BCUT2D eigenvalue weighted by Gasteiger charge is -2.08. The lowest BCUT2D eigenvalue weighted by Crippen LogP contribution is -2.06. The summed E-state index contributed by atoms with van der Waals surface area (Å²) >= 11 is 0. The van der Waals surface area contributed by atoms with Gasteiger partial charge in [-0.2, -0.15) is 0 Å². The third-order valence-electron chi connectivity index (χ3n) is 3.75. The number of carbonyl (C=O) groups is 1. The number of aryl methyl sites for hydroxylation is 1. The summed E-state index contributed by atoms with van der Waals surface area (Å²) in [5.41, 5.74) is 5.37. The smallest absolute Gasteiger partial charge is 0.340 e. The molecule has 0 amide bonds. The minimum absolute atomic E-state index is 0.302. The number of H-pyrrole nitrogens is 1. The molecule has 0 saturated carbocycles. The van der Waals surface area contributed by atoms with Gasteiger partial charge in [0.1, 0.15) is 0 Å². The predicted octanol–water partition coefficient (Wildman–Crippen LogP) is 4.83. The van der Waals surface area contributed by atoms with E-state index in [0.717, 1.165) is 27.9 Å². The summed E-state index contributed by atoms with van der Waals surface area (Å²) in [5.74, 6) is -0.302. The van der Waals surface area contributed by atoms with Crippen molar-refractivity contribution in [1.82, 2.24) is 4.98 Å². The summed E-state index contributed by atoms with van der Waals surface area (Å²) in [6.45, 7) is 4.21. The monoisotopic (exact) mass is 305 g/mol. The molecule has 0 fully saturated rings. The van der Waals surface area contributed by atoms with Crippen molar-refractivity contribution >= 4 is 5.97 Å². The van der Waals surface area contributed by atoms with E-state index in [2.05, 4.69) is 11.1 Å². The third-order valence-corrected chi connectivity index (χ3v) is 3.75. The molecule has 1 N–H and O–H groups in total. The molecule has 0 aliphatic rings. The van der Waals surface area contributed by atoms with Crippen LogP contribution in [0.25, 0.3) is 22.4 Å². The molecule has 1 heterocycles. The highest BCUT2D eigenvalue weighted by Gasteiger charge is 2.21. The van der Waals surface area contributed by atoms with Gasteiger partial charge in [-0.3, -0.25) is 0 Å². The van der Waals surface area contributed by atoms with Crippen molar-refractivity contribution in [1.29, 1.82) is 0 Å². The Balaban J connectivity index is 2.17. The van der Waals surface area contributed by atoms with Crippen molar-refractivity contribution in [2.75, 3.05) is 6.61 Å². The van der Waals surface area contributed by atoms with E-state index in [-0.39, 0.29) is 5.97 Å². The molecule has 0 radical (unpaired) electrons. The molecule has 0 aliphatic heterocycles. The van der Waals surface area contributed by atoms with Crippen molar-refractivity contribution in [3.63, 3.8) is 0 Å². The quantitative estimate of drug-likeness (QED) is 0.701. The number of aromatic amines is 1. The minimum Gasteiger partial charge on any atom is -0.462 e. The molecule has 116 valence electrons. The van der Waals surface area contributed by atoms with Gasteiger partial charge in [-0.05, 0) is 31.0 Å². The Hall–Kier alpha value is -2.81. The first kappa shape index (κ1) is 15.1. The highest BCUT2D eigenvalue weighted by Crippen LogP contribution is 2.33. The van der Waals surface area contributed by atoms with Crippen LogP contribution >= 0.6 is 0 Å². The molecule has 1 aromatic heterocycles. The van der Waals surface area contributed by atoms with Crippen molar-refractivity contribution in [3.8, 4) is 22.4 Å². The third kappa shape index (κ3) is 3.04. The van der Waals surface area contributed by atoms with Crippen LogP contribution in [0.15, 0.2) is 60.8 Å². The maximum absolute atomic E-state index is 12.5. The number of hydrogen-bond donors (Lipinski definition) is 1. The highest BCUT2D eigenvalue weighted by molar-refractivity contribution is 6.03. The fourth-order valence-electron chi connectivity index (χ4n) is 2.71. The Kier molecular flexibility index (Phi) is 4.29. The Morgan fingerprint density at radius 1 is 1.04 bits per heavy atom. The largest absolute Gasteiger partial charge is 0.462 e. The van der Waals surface area contributed by atoms with Crippen LogP contribution in [0, 0.1) is 6.92 Å². The van der Waals surface area contributed by atoms with Crippen molar-refractivity contribution in [2.45, 2.75) is 13.8 Å². The van der Waals surface area contributed by atoms with E-state index < -0.39 is 0 Å². The average Bonchev–Trinajstić information content (AvgIpc) is 3.01. The number of rotatable bonds is 4. The minimum atomic E-state index is -0.302. The normalized spacial score (nSPS) is 10.5. The molecule has 2 aromatic carbocycles. The van der Waals surface area contributed by atoms with Crippen molar-refractivity contribution in [2.24, 2.45) is 0 Å². The van der Waals surface area contributed by atoms with Crippen LogP contribution in [0.2, 0.25) is 0 Å². The zero-order valence-corrected chi connectivity index (χ0v) is 13.3. The SMILES string of the molecule is CCOC(=O)c1c(-c2ccccc2)c[nH]c1-c1cccc(C)c1. The van der Waals surface area contributed by atoms with Gasteiger partial charge in [0.2, 0.25) is 0 Å². The van der Waals surface area contributed by atoms with Crippen LogP contribution in [-0.2, 0) is 4.74 Å². The molecule has 0 atom stereocenters. The molecule has 0 aliphatic carbocycles. The van der Waals surface area contributed by atoms with Gasteiger partial charge < -0.3 is 9.72 Å². The first-order valence-corrected chi connectivity index (χ1v) is 7.71. The fraction of sp³-hybridized carbons (Fsp3) is 0.150. The van der Waals surface area contributed by atoms with E-state index in [1.54, 1.807) is 0 Å². The van der Waals surface area contributed by atoms with Crippen LogP contribution in [0.1, 0.15) is 22.8 Å². The number of esters is 1. The maximum Gasteiger partial charge on any atom is 0.340 e. The van der Waals surface area contributed by atoms with E-state index in [0.29, 0.717) is 12.2 Å². The second-order valence-corrected chi connectivity index (χ2v) is 5.41. The summed E-state index contributed by atoms with van der Waals surface area (Å²) in [7, 11) is 0. The van der Waals surface area contributed by atoms with Gasteiger partial charge in [0.05, 0.1) is 17.9 Å². The zero-order valence-electron chi connectivity index (χ0n) is 13.3. The van der Waals surface area contributed by atoms with Gasteiger partial charge in [-0.15, -0.1) is 0 Å². The Morgan fingerprint density at radius 3 is 2.48 bits per heavy atom. The molecule has 3 heteroatoms. The lowest BCUT2D eigenvalue weighted by molar-refractivity contribution is 0.0528. The van der Waals surface area contributed by atoms with Gasteiger partial charge in [-0.25, -0.2) is 4.79 Å². The molecule has 3 rings (SSSR count). The van der Waals surface area contributed by atoms with Gasteiger partial charge in [-0.1, -0.05) is 54.1 Å². The van der Waals surface area contributed by atoms with Crippen LogP contribution < -0.4 is 0 Å². The summed E-state index contributed by atoms with van der Waals surface area (Å²) in [6, 6.07) is 17.9. The fourth-order valence-corrected chi connectivity index (χ4v) is 2.71. The average molecular weight is 305 g/mol. The summed E-state index contributed by atoms with van der Waals surface area (Å²) in [4.78, 5) is 15.8. The predicted molar refractivity (Wildman–Crippen MR) is 92.4 cm³/mol. The molecule has 3 nitrogen and oxygen atoms in total. The van der Waals surface area contributed by atoms with Gasteiger partial charge in [0.25, 0.3) is 0 Å². The Labute approximate surface area is 135 Å². The van der Waals surface area contributed by atoms with E-state index >= 15 is 0 Å². The molecule has 0 unspecified atom stereocenters. The summed E-state index contributed by atoms with van der Waals surface area (Å²) < 4.78 is 5.28. The van der Waals surface area contributed by atoms with Gasteiger partial charge >= 0.3 is 5.97 Å². The number of hydrogen-bond acceptors (Lipinski definition) is 2. The number of aromatic nitrogens is 1. The number of carbonyl (C=O) groups excluding carboxylic acids is 1. The molecule has 0 spiro atoms. The van der Waals surface area contributed by atoms with Crippen LogP contribution in [0.5, 0.6) is 0 Å². The molecule has 23 heavy (non-hydrogen) atoms. The van der Waals surface area contributed by atoms with Gasteiger partial charge in [0, 0.05) is 11.8 Å². The van der Waals surface area contributed by atoms with E-state index in [4.69, 9.17) is 4.74 Å². The zero-order chi connectivity index (χ0) is 16.2. The second-order valence-electron chi connectivity index (χ2n) is 5.41. The van der Waals surface area contributed by atoms with E-state index in [1.165, 1.54) is 0 Å². The molecular formula is C20H19NO2. The van der Waals surface area contributed by atoms with Crippen LogP contribution in [0.4, 0.5) is 0 Å². The topological polar surface area (TPSA) is 42.1 Å². The summed E-state index contributed by atoms with van der Waals surface area (Å²) in [6.07, 6.45) is 1.87. The van der Waals surface area contributed by atoms with Crippen molar-refractivity contribution < 1.29 is 9.53 Å². The lowest BCUT2D eigenvalue weighted by atomic mass is 9.99. The molecule has 0 saturated heterocycles. The maximum atomic E-state index is 12.5. The van der Waals surface area contributed by atoms with Crippen LogP contribution in [0.3, 0.4) is 0 Å².